The Morgan fingerprint density at radius 1 is 1.16 bits per heavy atom. The zero-order valence-electron chi connectivity index (χ0n) is 19.3. The third-order valence-electron chi connectivity index (χ3n) is 5.18. The largest absolute Gasteiger partial charge is 0.497 e. The number of amides is 1. The monoisotopic (exact) mass is 439 g/mol. The number of benzene rings is 1. The lowest BCUT2D eigenvalue weighted by Crippen LogP contribution is -2.39. The van der Waals surface area contributed by atoms with Crippen LogP contribution in [0.2, 0.25) is 0 Å². The quantitative estimate of drug-likeness (QED) is 0.506. The van der Waals surface area contributed by atoms with Crippen molar-refractivity contribution in [2.75, 3.05) is 34.5 Å². The van der Waals surface area contributed by atoms with Crippen molar-refractivity contribution in [2.24, 2.45) is 0 Å². The van der Waals surface area contributed by atoms with Crippen LogP contribution in [0.25, 0.3) is 17.2 Å². The van der Waals surface area contributed by atoms with E-state index in [1.54, 1.807) is 49.4 Å². The number of hydrogen-bond acceptors (Lipinski definition) is 7. The van der Waals surface area contributed by atoms with Gasteiger partial charge in [-0.3, -0.25) is 4.79 Å². The van der Waals surface area contributed by atoms with Crippen LogP contribution in [0.4, 0.5) is 0 Å². The Balaban J connectivity index is 1.98. The summed E-state index contributed by atoms with van der Waals surface area (Å²) < 4.78 is 17.5. The topological polar surface area (TPSA) is 91.6 Å². The molecule has 3 rings (SSSR count). The normalized spacial score (nSPS) is 11.0. The first-order valence-electron chi connectivity index (χ1n) is 10.3. The first kappa shape index (κ1) is 23.2. The maximum absolute atomic E-state index is 13.1. The minimum Gasteiger partial charge on any atom is -0.497 e. The molecule has 0 aliphatic rings. The molecule has 0 saturated heterocycles. The summed E-state index contributed by atoms with van der Waals surface area (Å²) >= 11 is 0. The zero-order chi connectivity index (χ0) is 23.3. The highest BCUT2D eigenvalue weighted by Gasteiger charge is 2.24. The van der Waals surface area contributed by atoms with Gasteiger partial charge in [-0.1, -0.05) is 0 Å². The molecule has 0 aliphatic carbocycles. The predicted molar refractivity (Wildman–Crippen MR) is 120 cm³/mol. The average Bonchev–Trinajstić information content (AvgIpc) is 3.19. The number of carbonyl (C=O) groups is 1. The van der Waals surface area contributed by atoms with E-state index in [9.17, 15) is 4.79 Å². The molecule has 1 amide bonds. The fourth-order valence-corrected chi connectivity index (χ4v) is 3.37. The van der Waals surface area contributed by atoms with Crippen LogP contribution in [0, 0.1) is 6.92 Å². The fourth-order valence-electron chi connectivity index (χ4n) is 3.37. The molecule has 9 nitrogen and oxygen atoms in total. The molecule has 1 aromatic carbocycles. The molecule has 0 atom stereocenters. The van der Waals surface area contributed by atoms with Gasteiger partial charge in [0.25, 0.3) is 11.9 Å². The van der Waals surface area contributed by atoms with Crippen LogP contribution in [0.3, 0.4) is 0 Å². The first-order chi connectivity index (χ1) is 15.4. The first-order valence-corrected chi connectivity index (χ1v) is 10.3. The van der Waals surface area contributed by atoms with Crippen LogP contribution in [0.15, 0.2) is 36.7 Å². The number of aromatic nitrogens is 4. The second-order valence-corrected chi connectivity index (χ2v) is 7.45. The van der Waals surface area contributed by atoms with Gasteiger partial charge in [0.2, 0.25) is 0 Å². The van der Waals surface area contributed by atoms with Crippen LogP contribution >= 0.6 is 0 Å². The number of rotatable bonds is 9. The molecule has 0 radical (unpaired) electrons. The lowest BCUT2D eigenvalue weighted by molar-refractivity contribution is 0.0634. The van der Waals surface area contributed by atoms with Crippen LogP contribution in [0.1, 0.15) is 29.9 Å². The Hall–Kier alpha value is -3.46. The summed E-state index contributed by atoms with van der Waals surface area (Å²) in [6.45, 7) is 6.74. The van der Waals surface area contributed by atoms with Crippen molar-refractivity contribution in [2.45, 2.75) is 26.8 Å². The highest BCUT2D eigenvalue weighted by molar-refractivity contribution is 5.95. The molecular weight excluding hydrogens is 410 g/mol. The molecule has 0 saturated carbocycles. The van der Waals surface area contributed by atoms with Gasteiger partial charge in [0, 0.05) is 31.5 Å². The van der Waals surface area contributed by atoms with Crippen LogP contribution in [0.5, 0.6) is 11.5 Å². The molecule has 32 heavy (non-hydrogen) atoms. The minimum atomic E-state index is -0.105. The molecule has 0 N–H and O–H groups in total. The average molecular weight is 440 g/mol. The predicted octanol–water partition coefficient (Wildman–Crippen LogP) is 3.15. The highest BCUT2D eigenvalue weighted by atomic mass is 16.5. The smallest absolute Gasteiger partial charge is 0.257 e. The van der Waals surface area contributed by atoms with E-state index in [-0.39, 0.29) is 11.9 Å². The van der Waals surface area contributed by atoms with Gasteiger partial charge in [-0.25, -0.2) is 14.6 Å². The summed E-state index contributed by atoms with van der Waals surface area (Å²) in [5, 5.41) is 4.40. The zero-order valence-corrected chi connectivity index (χ0v) is 19.3. The summed E-state index contributed by atoms with van der Waals surface area (Å²) in [5.41, 5.74) is 2.58. The Morgan fingerprint density at radius 3 is 2.59 bits per heavy atom. The Kier molecular flexibility index (Phi) is 7.42. The Labute approximate surface area is 188 Å². The second-order valence-electron chi connectivity index (χ2n) is 7.45. The summed E-state index contributed by atoms with van der Waals surface area (Å²) in [4.78, 5) is 23.9. The van der Waals surface area contributed by atoms with E-state index in [0.717, 1.165) is 5.56 Å². The summed E-state index contributed by atoms with van der Waals surface area (Å²) in [5.74, 6) is 1.60. The lowest BCUT2D eigenvalue weighted by atomic mass is 10.1. The van der Waals surface area contributed by atoms with Gasteiger partial charge in [-0.05, 0) is 45.0 Å². The highest BCUT2D eigenvalue weighted by Crippen LogP contribution is 2.32. The third kappa shape index (κ3) is 4.72. The maximum Gasteiger partial charge on any atom is 0.257 e. The molecule has 0 aliphatic heterocycles. The molecule has 0 fully saturated rings. The third-order valence-corrected chi connectivity index (χ3v) is 5.18. The Morgan fingerprint density at radius 2 is 1.94 bits per heavy atom. The SMILES string of the molecule is COCCN(C(=O)c1cnn(-c2nccc(-c3cc(OC)ccc3OC)n2)c1C)C(C)C. The number of nitrogens with zero attached hydrogens (tertiary/aromatic N) is 5. The van der Waals surface area contributed by atoms with Crippen molar-refractivity contribution in [3.8, 4) is 28.7 Å². The summed E-state index contributed by atoms with van der Waals surface area (Å²) in [7, 11) is 4.83. The van der Waals surface area contributed by atoms with E-state index < -0.39 is 0 Å². The van der Waals surface area contributed by atoms with Crippen molar-refractivity contribution in [3.63, 3.8) is 0 Å². The van der Waals surface area contributed by atoms with Gasteiger partial charge in [-0.15, -0.1) is 0 Å². The molecule has 3 aromatic rings. The molecule has 0 bridgehead atoms. The minimum absolute atomic E-state index is 0.0282. The van der Waals surface area contributed by atoms with Crippen molar-refractivity contribution in [1.82, 2.24) is 24.6 Å². The number of ether oxygens (including phenoxy) is 3. The van der Waals surface area contributed by atoms with Gasteiger partial charge in [0.15, 0.2) is 0 Å². The molecule has 2 aromatic heterocycles. The second kappa shape index (κ2) is 10.2. The lowest BCUT2D eigenvalue weighted by Gasteiger charge is -2.26. The van der Waals surface area contributed by atoms with E-state index in [1.165, 1.54) is 0 Å². The van der Waals surface area contributed by atoms with E-state index in [4.69, 9.17) is 14.2 Å². The van der Waals surface area contributed by atoms with E-state index in [1.807, 2.05) is 39.0 Å². The fraction of sp³-hybridized carbons (Fsp3) is 0.391. The van der Waals surface area contributed by atoms with Crippen molar-refractivity contribution >= 4 is 5.91 Å². The van der Waals surface area contributed by atoms with Crippen molar-refractivity contribution in [3.05, 3.63) is 47.9 Å². The summed E-state index contributed by atoms with van der Waals surface area (Å²) in [6, 6.07) is 7.32. The van der Waals surface area contributed by atoms with Gasteiger partial charge < -0.3 is 19.1 Å². The van der Waals surface area contributed by atoms with E-state index in [0.29, 0.717) is 47.6 Å². The van der Waals surface area contributed by atoms with Crippen LogP contribution in [-0.2, 0) is 4.74 Å². The van der Waals surface area contributed by atoms with Gasteiger partial charge in [0.05, 0.1) is 44.0 Å². The Bertz CT molecular complexity index is 1080. The van der Waals surface area contributed by atoms with E-state index in [2.05, 4.69) is 15.1 Å². The maximum atomic E-state index is 13.1. The van der Waals surface area contributed by atoms with E-state index >= 15 is 0 Å². The number of methoxy groups -OCH3 is 3. The number of carbonyl (C=O) groups excluding carboxylic acids is 1. The molecule has 170 valence electrons. The van der Waals surface area contributed by atoms with Crippen LogP contribution in [-0.4, -0.2) is 71.1 Å². The molecular formula is C23H29N5O4. The standard InChI is InChI=1S/C23H29N5O4/c1-15(2)27(11-12-30-4)22(29)19-14-25-28(16(19)3)23-24-10-9-20(26-23)18-13-17(31-5)7-8-21(18)32-6/h7-10,13-15H,11-12H2,1-6H3. The molecule has 9 heteroatoms. The molecule has 0 spiro atoms. The van der Waals surface area contributed by atoms with Gasteiger partial charge in [0.1, 0.15) is 11.5 Å². The molecule has 2 heterocycles. The molecule has 0 unspecified atom stereocenters. The van der Waals surface area contributed by atoms with Gasteiger partial charge >= 0.3 is 0 Å². The number of hydrogen-bond donors (Lipinski definition) is 0. The van der Waals surface area contributed by atoms with Gasteiger partial charge in [-0.2, -0.15) is 5.10 Å². The van der Waals surface area contributed by atoms with Crippen LogP contribution < -0.4 is 9.47 Å². The van der Waals surface area contributed by atoms with Crippen molar-refractivity contribution in [1.29, 1.82) is 0 Å². The van der Waals surface area contributed by atoms with Crippen molar-refractivity contribution < 1.29 is 19.0 Å². The summed E-state index contributed by atoms with van der Waals surface area (Å²) in [6.07, 6.45) is 3.21.